The molecule has 0 unspecified atom stereocenters. The van der Waals surface area contributed by atoms with Crippen molar-refractivity contribution in [3.05, 3.63) is 30.2 Å². The molecule has 1 saturated carbocycles. The molecule has 3 heterocycles. The number of anilines is 2. The van der Waals surface area contributed by atoms with E-state index in [1.165, 1.54) is 12.8 Å². The second kappa shape index (κ2) is 7.23. The zero-order valence-corrected chi connectivity index (χ0v) is 15.9. The Morgan fingerprint density at radius 1 is 1.26 bits per heavy atom. The van der Waals surface area contributed by atoms with Gasteiger partial charge in [0.15, 0.2) is 11.6 Å². The fourth-order valence-electron chi connectivity index (χ4n) is 4.32. The summed E-state index contributed by atoms with van der Waals surface area (Å²) >= 11 is 0. The molecular weight excluding hydrogens is 340 g/mol. The summed E-state index contributed by atoms with van der Waals surface area (Å²) in [5.41, 5.74) is 8.47. The number of pyridine rings is 1. The van der Waals surface area contributed by atoms with Crippen molar-refractivity contribution in [3.8, 4) is 11.4 Å². The summed E-state index contributed by atoms with van der Waals surface area (Å²) in [7, 11) is 1.82. The second-order valence-electron chi connectivity index (χ2n) is 7.31. The molecule has 0 spiro atoms. The highest BCUT2D eigenvalue weighted by atomic mass is 16.2. The van der Waals surface area contributed by atoms with E-state index in [-0.39, 0.29) is 11.9 Å². The van der Waals surface area contributed by atoms with Gasteiger partial charge in [-0.25, -0.2) is 9.97 Å². The molecule has 2 aliphatic rings. The zero-order valence-electron chi connectivity index (χ0n) is 15.9. The number of likely N-dealkylation sites (N-methyl/N-ethyl adjacent to an activating group) is 1. The molecule has 0 radical (unpaired) electrons. The second-order valence-corrected chi connectivity index (χ2v) is 7.31. The van der Waals surface area contributed by atoms with E-state index in [4.69, 9.17) is 10.7 Å². The lowest BCUT2D eigenvalue weighted by Crippen LogP contribution is -2.55. The third kappa shape index (κ3) is 2.96. The molecule has 142 valence electrons. The molecule has 2 aromatic heterocycles. The number of nitrogens with zero attached hydrogens (tertiary/aromatic N) is 5. The smallest absolute Gasteiger partial charge is 0.249 e. The minimum Gasteiger partial charge on any atom is -0.340 e. The fraction of sp³-hybridized carbons (Fsp3) is 0.500. The first kappa shape index (κ1) is 17.9. The van der Waals surface area contributed by atoms with Crippen LogP contribution in [0.15, 0.2) is 24.7 Å². The lowest BCUT2D eigenvalue weighted by Gasteiger charge is -2.43. The number of aromatic nitrogens is 3. The van der Waals surface area contributed by atoms with Crippen LogP contribution in [0.4, 0.5) is 11.5 Å². The Morgan fingerprint density at radius 2 is 2.04 bits per heavy atom. The van der Waals surface area contributed by atoms with Crippen molar-refractivity contribution in [2.75, 3.05) is 16.8 Å². The summed E-state index contributed by atoms with van der Waals surface area (Å²) in [4.78, 5) is 30.6. The topological polar surface area (TPSA) is 88.2 Å². The van der Waals surface area contributed by atoms with Gasteiger partial charge in [-0.1, -0.05) is 19.8 Å². The Balaban J connectivity index is 1.86. The molecule has 4 rings (SSSR count). The van der Waals surface area contributed by atoms with Crippen LogP contribution in [0.2, 0.25) is 0 Å². The molecule has 0 saturated heterocycles. The van der Waals surface area contributed by atoms with E-state index in [1.54, 1.807) is 23.5 Å². The van der Waals surface area contributed by atoms with E-state index >= 15 is 0 Å². The van der Waals surface area contributed by atoms with E-state index in [2.05, 4.69) is 21.8 Å². The predicted octanol–water partition coefficient (Wildman–Crippen LogP) is 2.50. The molecule has 27 heavy (non-hydrogen) atoms. The van der Waals surface area contributed by atoms with Gasteiger partial charge in [0.05, 0.1) is 6.20 Å². The van der Waals surface area contributed by atoms with E-state index in [9.17, 15) is 4.79 Å². The highest BCUT2D eigenvalue weighted by Gasteiger charge is 2.41. The molecule has 2 N–H and O–H groups in total. The number of nitrogens with two attached hydrogens (primary N) is 1. The standard InChI is InChI=1S/C20H26N6O/c1-3-16-20(27)25(2)17-12-23-18(15-8-9-22-11-13(15)10-21)24-19(17)26(16)14-6-4-5-7-14/h8-9,11-12,14,16H,3-7,10,21H2,1-2H3/t16-/m1/s1. The average Bonchev–Trinajstić information content (AvgIpc) is 3.24. The van der Waals surface area contributed by atoms with Crippen molar-refractivity contribution in [1.29, 1.82) is 0 Å². The van der Waals surface area contributed by atoms with Gasteiger partial charge >= 0.3 is 0 Å². The monoisotopic (exact) mass is 366 g/mol. The maximum absolute atomic E-state index is 12.9. The van der Waals surface area contributed by atoms with Gasteiger partial charge in [-0.15, -0.1) is 0 Å². The highest BCUT2D eigenvalue weighted by Crippen LogP contribution is 2.40. The first-order valence-electron chi connectivity index (χ1n) is 9.72. The maximum atomic E-state index is 12.9. The van der Waals surface area contributed by atoms with E-state index in [1.807, 2.05) is 13.1 Å². The molecule has 1 fully saturated rings. The predicted molar refractivity (Wildman–Crippen MR) is 105 cm³/mol. The van der Waals surface area contributed by atoms with Gasteiger partial charge in [0.1, 0.15) is 11.7 Å². The van der Waals surface area contributed by atoms with Crippen molar-refractivity contribution < 1.29 is 4.79 Å². The Labute approximate surface area is 159 Å². The van der Waals surface area contributed by atoms with Gasteiger partial charge in [-0.2, -0.15) is 0 Å². The Hall–Kier alpha value is -2.54. The number of hydrogen-bond donors (Lipinski definition) is 1. The summed E-state index contributed by atoms with van der Waals surface area (Å²) in [5.74, 6) is 1.62. The number of hydrogen-bond acceptors (Lipinski definition) is 6. The number of carbonyl (C=O) groups is 1. The van der Waals surface area contributed by atoms with E-state index < -0.39 is 0 Å². The van der Waals surface area contributed by atoms with Gasteiger partial charge in [-0.3, -0.25) is 9.78 Å². The fourth-order valence-corrected chi connectivity index (χ4v) is 4.32. The van der Waals surface area contributed by atoms with Crippen LogP contribution in [-0.4, -0.2) is 40.0 Å². The first-order chi connectivity index (χ1) is 13.2. The van der Waals surface area contributed by atoms with Crippen LogP contribution in [0.25, 0.3) is 11.4 Å². The molecule has 0 aromatic carbocycles. The SMILES string of the molecule is CC[C@@H]1C(=O)N(C)c2cnc(-c3ccncc3CN)nc2N1C1CCCC1. The first-order valence-corrected chi connectivity index (χ1v) is 9.72. The summed E-state index contributed by atoms with van der Waals surface area (Å²) in [6.45, 7) is 2.45. The van der Waals surface area contributed by atoms with Gasteiger partial charge in [0.25, 0.3) is 0 Å². The van der Waals surface area contributed by atoms with Crippen LogP contribution in [-0.2, 0) is 11.3 Å². The molecule has 0 bridgehead atoms. The quantitative estimate of drug-likeness (QED) is 0.894. The largest absolute Gasteiger partial charge is 0.340 e. The Kier molecular flexibility index (Phi) is 4.78. The van der Waals surface area contributed by atoms with E-state index in [0.717, 1.165) is 41.9 Å². The van der Waals surface area contributed by atoms with Crippen LogP contribution in [0, 0.1) is 0 Å². The summed E-state index contributed by atoms with van der Waals surface area (Å²) in [5, 5.41) is 0. The Morgan fingerprint density at radius 3 is 2.74 bits per heavy atom. The van der Waals surface area contributed by atoms with Crippen molar-refractivity contribution in [3.63, 3.8) is 0 Å². The molecule has 1 amide bonds. The molecule has 7 heteroatoms. The lowest BCUT2D eigenvalue weighted by atomic mass is 10.0. The molecule has 2 aromatic rings. The summed E-state index contributed by atoms with van der Waals surface area (Å²) in [6.07, 6.45) is 10.7. The van der Waals surface area contributed by atoms with Crippen LogP contribution in [0.1, 0.15) is 44.6 Å². The van der Waals surface area contributed by atoms with Gasteiger partial charge in [0, 0.05) is 37.6 Å². The van der Waals surface area contributed by atoms with Gasteiger partial charge < -0.3 is 15.5 Å². The van der Waals surface area contributed by atoms with Crippen LogP contribution in [0.5, 0.6) is 0 Å². The van der Waals surface area contributed by atoms with Crippen LogP contribution < -0.4 is 15.5 Å². The van der Waals surface area contributed by atoms with Crippen LogP contribution >= 0.6 is 0 Å². The van der Waals surface area contributed by atoms with Gasteiger partial charge in [-0.05, 0) is 30.9 Å². The number of fused-ring (bicyclic) bond motifs is 1. The van der Waals surface area contributed by atoms with Crippen LogP contribution in [0.3, 0.4) is 0 Å². The highest BCUT2D eigenvalue weighted by molar-refractivity contribution is 6.04. The van der Waals surface area contributed by atoms with Crippen molar-refractivity contribution in [1.82, 2.24) is 15.0 Å². The molecular formula is C20H26N6O. The summed E-state index contributed by atoms with van der Waals surface area (Å²) in [6, 6.07) is 2.10. The minimum atomic E-state index is -0.167. The molecule has 1 atom stereocenters. The molecule has 1 aliphatic carbocycles. The summed E-state index contributed by atoms with van der Waals surface area (Å²) < 4.78 is 0. The van der Waals surface area contributed by atoms with Gasteiger partial charge in [0.2, 0.25) is 5.91 Å². The lowest BCUT2D eigenvalue weighted by molar-refractivity contribution is -0.120. The Bertz CT molecular complexity index is 848. The minimum absolute atomic E-state index is 0.125. The molecule has 1 aliphatic heterocycles. The third-order valence-corrected chi connectivity index (χ3v) is 5.78. The maximum Gasteiger partial charge on any atom is 0.249 e. The zero-order chi connectivity index (χ0) is 19.0. The van der Waals surface area contributed by atoms with Crippen molar-refractivity contribution in [2.24, 2.45) is 5.73 Å². The normalized spacial score (nSPS) is 20.3. The number of rotatable bonds is 4. The molecule has 7 nitrogen and oxygen atoms in total. The van der Waals surface area contributed by atoms with Crippen molar-refractivity contribution in [2.45, 2.75) is 57.7 Å². The third-order valence-electron chi connectivity index (χ3n) is 5.78. The number of carbonyl (C=O) groups excluding carboxylic acids is 1. The number of amides is 1. The van der Waals surface area contributed by atoms with E-state index in [0.29, 0.717) is 18.4 Å². The van der Waals surface area contributed by atoms with Crippen molar-refractivity contribution >= 4 is 17.4 Å². The average molecular weight is 366 g/mol.